The van der Waals surface area contributed by atoms with Crippen LogP contribution < -0.4 is 0 Å². The quantitative estimate of drug-likeness (QED) is 0.677. The Hall–Kier alpha value is -3.50. The third kappa shape index (κ3) is 5.89. The van der Waals surface area contributed by atoms with Gasteiger partial charge in [0.15, 0.2) is 0 Å². The van der Waals surface area contributed by atoms with E-state index in [2.05, 4.69) is 4.98 Å². The Balaban J connectivity index is 0.000000406. The summed E-state index contributed by atoms with van der Waals surface area (Å²) in [7, 11) is 1.80. The highest BCUT2D eigenvalue weighted by atomic mass is 19.4. The zero-order valence-electron chi connectivity index (χ0n) is 18.3. The van der Waals surface area contributed by atoms with Gasteiger partial charge in [0, 0.05) is 43.2 Å². The van der Waals surface area contributed by atoms with E-state index in [9.17, 15) is 27.2 Å². The minimum absolute atomic E-state index is 0.0303. The van der Waals surface area contributed by atoms with Gasteiger partial charge in [0.2, 0.25) is 5.91 Å². The van der Waals surface area contributed by atoms with Crippen LogP contribution in [-0.4, -0.2) is 64.0 Å². The fourth-order valence-electron chi connectivity index (χ4n) is 4.07. The van der Waals surface area contributed by atoms with E-state index < -0.39 is 12.1 Å². The van der Waals surface area contributed by atoms with Crippen molar-refractivity contribution in [2.24, 2.45) is 11.3 Å². The molecule has 1 saturated heterocycles. The number of halogens is 4. The van der Waals surface area contributed by atoms with Crippen LogP contribution >= 0.6 is 0 Å². The van der Waals surface area contributed by atoms with E-state index in [1.54, 1.807) is 23.0 Å². The number of likely N-dealkylation sites (tertiary alicyclic amines) is 1. The maximum absolute atomic E-state index is 13.1. The van der Waals surface area contributed by atoms with Gasteiger partial charge >= 0.3 is 12.1 Å². The van der Waals surface area contributed by atoms with Crippen LogP contribution in [0.4, 0.5) is 17.6 Å². The molecular formula is C23H23F4N3O4. The fourth-order valence-corrected chi connectivity index (χ4v) is 4.07. The number of hydrogen-bond donors (Lipinski definition) is 1. The second kappa shape index (κ2) is 9.78. The first-order valence-corrected chi connectivity index (χ1v) is 10.4. The van der Waals surface area contributed by atoms with Gasteiger partial charge in [-0.25, -0.2) is 9.18 Å². The molecule has 2 amide bonds. The predicted molar refractivity (Wildman–Crippen MR) is 112 cm³/mol. The molecule has 2 atom stereocenters. The lowest BCUT2D eigenvalue weighted by atomic mass is 10.0. The van der Waals surface area contributed by atoms with Gasteiger partial charge in [-0.05, 0) is 49.2 Å². The number of rotatable bonds is 4. The Morgan fingerprint density at radius 1 is 1.18 bits per heavy atom. The number of carboxylic acid groups (broad SMARTS) is 1. The minimum atomic E-state index is -5.08. The minimum Gasteiger partial charge on any atom is -0.475 e. The molecule has 0 radical (unpaired) electrons. The molecule has 1 aliphatic carbocycles. The largest absolute Gasteiger partial charge is 0.490 e. The summed E-state index contributed by atoms with van der Waals surface area (Å²) in [6, 6.07) is 11.3. The van der Waals surface area contributed by atoms with Crippen molar-refractivity contribution in [1.29, 1.82) is 0 Å². The molecule has 0 bridgehead atoms. The summed E-state index contributed by atoms with van der Waals surface area (Å²) in [5.74, 6) is -3.11. The molecule has 1 N–H and O–H groups in total. The summed E-state index contributed by atoms with van der Waals surface area (Å²) in [4.78, 5) is 42.1. The number of amides is 2. The zero-order chi connectivity index (χ0) is 25.1. The highest BCUT2D eigenvalue weighted by Gasteiger charge is 2.61. The summed E-state index contributed by atoms with van der Waals surface area (Å²) in [5, 5.41) is 7.12. The molecule has 4 rings (SSSR count). The van der Waals surface area contributed by atoms with E-state index in [-0.39, 0.29) is 29.0 Å². The number of alkyl halides is 3. The van der Waals surface area contributed by atoms with Gasteiger partial charge in [0.1, 0.15) is 5.82 Å². The highest BCUT2D eigenvalue weighted by molar-refractivity contribution is 5.94. The van der Waals surface area contributed by atoms with E-state index >= 15 is 0 Å². The molecule has 2 aliphatic rings. The Labute approximate surface area is 193 Å². The van der Waals surface area contributed by atoms with Crippen molar-refractivity contribution >= 4 is 17.8 Å². The SMILES string of the molecule is CN(Cc1ccccn1)C(=O)C1CC12CCN(C(=O)c1ccc(F)cc1)C2.O=C(O)C(F)(F)F. The van der Waals surface area contributed by atoms with Gasteiger partial charge in [0.05, 0.1) is 12.2 Å². The number of hydrogen-bond acceptors (Lipinski definition) is 4. The Kier molecular flexibility index (Phi) is 7.23. The van der Waals surface area contributed by atoms with E-state index in [1.165, 1.54) is 24.3 Å². The van der Waals surface area contributed by atoms with E-state index in [0.29, 0.717) is 25.2 Å². The monoisotopic (exact) mass is 481 g/mol. The summed E-state index contributed by atoms with van der Waals surface area (Å²) < 4.78 is 44.8. The summed E-state index contributed by atoms with van der Waals surface area (Å²) in [6.07, 6.45) is -1.69. The van der Waals surface area contributed by atoms with Crippen LogP contribution in [0, 0.1) is 17.2 Å². The molecule has 1 saturated carbocycles. The second-order valence-electron chi connectivity index (χ2n) is 8.42. The number of carbonyl (C=O) groups excluding carboxylic acids is 2. The van der Waals surface area contributed by atoms with Crippen molar-refractivity contribution in [1.82, 2.24) is 14.8 Å². The average molecular weight is 481 g/mol. The van der Waals surface area contributed by atoms with E-state index in [0.717, 1.165) is 18.5 Å². The van der Waals surface area contributed by atoms with Gasteiger partial charge < -0.3 is 14.9 Å². The molecule has 11 heteroatoms. The molecule has 2 fully saturated rings. The zero-order valence-corrected chi connectivity index (χ0v) is 18.3. The second-order valence-corrected chi connectivity index (χ2v) is 8.42. The first-order valence-electron chi connectivity index (χ1n) is 10.4. The van der Waals surface area contributed by atoms with Crippen molar-refractivity contribution in [3.63, 3.8) is 0 Å². The molecular weight excluding hydrogens is 458 g/mol. The lowest BCUT2D eigenvalue weighted by Crippen LogP contribution is -2.32. The molecule has 2 unspecified atom stereocenters. The van der Waals surface area contributed by atoms with Crippen LogP contribution in [0.2, 0.25) is 0 Å². The Morgan fingerprint density at radius 3 is 2.38 bits per heavy atom. The molecule has 2 aromatic rings. The molecule has 182 valence electrons. The van der Waals surface area contributed by atoms with Gasteiger partial charge in [-0.15, -0.1) is 0 Å². The van der Waals surface area contributed by atoms with Crippen molar-refractivity contribution in [3.05, 3.63) is 65.7 Å². The molecule has 2 heterocycles. The maximum Gasteiger partial charge on any atom is 0.490 e. The van der Waals surface area contributed by atoms with E-state index in [1.807, 2.05) is 18.2 Å². The number of aromatic nitrogens is 1. The molecule has 1 aromatic carbocycles. The summed E-state index contributed by atoms with van der Waals surface area (Å²) >= 11 is 0. The number of pyridine rings is 1. The van der Waals surface area contributed by atoms with Crippen LogP contribution in [-0.2, 0) is 16.1 Å². The summed E-state index contributed by atoms with van der Waals surface area (Å²) in [6.45, 7) is 1.73. The molecule has 1 aromatic heterocycles. The lowest BCUT2D eigenvalue weighted by molar-refractivity contribution is -0.192. The number of benzene rings is 1. The Bertz CT molecular complexity index is 1050. The smallest absolute Gasteiger partial charge is 0.475 e. The van der Waals surface area contributed by atoms with Gasteiger partial charge in [-0.3, -0.25) is 14.6 Å². The first kappa shape index (κ1) is 25.1. The number of aliphatic carboxylic acids is 1. The molecule has 34 heavy (non-hydrogen) atoms. The maximum atomic E-state index is 13.1. The van der Waals surface area contributed by atoms with Crippen molar-refractivity contribution in [2.45, 2.75) is 25.6 Å². The fraction of sp³-hybridized carbons (Fsp3) is 0.391. The Morgan fingerprint density at radius 2 is 1.82 bits per heavy atom. The van der Waals surface area contributed by atoms with Crippen molar-refractivity contribution in [2.75, 3.05) is 20.1 Å². The van der Waals surface area contributed by atoms with Gasteiger partial charge in [-0.2, -0.15) is 13.2 Å². The first-order chi connectivity index (χ1) is 15.9. The third-order valence-corrected chi connectivity index (χ3v) is 6.00. The molecule has 1 aliphatic heterocycles. The van der Waals surface area contributed by atoms with Crippen LogP contribution in [0.25, 0.3) is 0 Å². The van der Waals surface area contributed by atoms with Crippen molar-refractivity contribution < 1.29 is 37.1 Å². The normalized spacial score (nSPS) is 21.0. The number of carboxylic acids is 1. The average Bonchev–Trinajstić information content (AvgIpc) is 3.32. The third-order valence-electron chi connectivity index (χ3n) is 6.00. The predicted octanol–water partition coefficient (Wildman–Crippen LogP) is 3.36. The van der Waals surface area contributed by atoms with E-state index in [4.69, 9.17) is 9.90 Å². The molecule has 7 nitrogen and oxygen atoms in total. The van der Waals surface area contributed by atoms with Crippen LogP contribution in [0.15, 0.2) is 48.7 Å². The van der Waals surface area contributed by atoms with Crippen LogP contribution in [0.5, 0.6) is 0 Å². The van der Waals surface area contributed by atoms with Crippen LogP contribution in [0.1, 0.15) is 28.9 Å². The highest BCUT2D eigenvalue weighted by Crippen LogP contribution is 2.59. The number of nitrogens with zero attached hydrogens (tertiary/aromatic N) is 3. The molecule has 1 spiro atoms. The van der Waals surface area contributed by atoms with Crippen LogP contribution in [0.3, 0.4) is 0 Å². The summed E-state index contributed by atoms with van der Waals surface area (Å²) in [5.41, 5.74) is 1.26. The topological polar surface area (TPSA) is 90.8 Å². The van der Waals surface area contributed by atoms with Crippen molar-refractivity contribution in [3.8, 4) is 0 Å². The number of carbonyl (C=O) groups is 3. The lowest BCUT2D eigenvalue weighted by Gasteiger charge is -2.19. The standard InChI is InChI=1S/C21H22FN3O2.C2HF3O2/c1-24(13-17-4-2-3-10-23-17)20(27)18-12-21(18)9-11-25(14-21)19(26)15-5-7-16(22)8-6-15;3-2(4,5)1(6)7/h2-8,10,18H,9,11-14H2,1H3;(H,6,7). The van der Waals surface area contributed by atoms with Gasteiger partial charge in [0.25, 0.3) is 5.91 Å². The van der Waals surface area contributed by atoms with Gasteiger partial charge in [-0.1, -0.05) is 6.07 Å².